The van der Waals surface area contributed by atoms with E-state index in [1.54, 1.807) is 0 Å². The number of rotatable bonds is 6. The van der Waals surface area contributed by atoms with Gasteiger partial charge in [0.25, 0.3) is 0 Å². The topological polar surface area (TPSA) is 110 Å². The van der Waals surface area contributed by atoms with E-state index in [0.29, 0.717) is 13.0 Å². The van der Waals surface area contributed by atoms with Gasteiger partial charge in [-0.05, 0) is 18.9 Å². The largest absolute Gasteiger partial charge is 0.292 e. The van der Waals surface area contributed by atoms with Gasteiger partial charge in [0.1, 0.15) is 4.90 Å². The number of hydrogen-bond donors (Lipinski definition) is 3. The molecular weight excluding hydrogens is 290 g/mol. The van der Waals surface area contributed by atoms with E-state index in [0.717, 1.165) is 11.1 Å². The molecule has 0 aliphatic carbocycles. The van der Waals surface area contributed by atoms with E-state index >= 15 is 0 Å². The van der Waals surface area contributed by atoms with Gasteiger partial charge >= 0.3 is 0 Å². The van der Waals surface area contributed by atoms with Crippen molar-refractivity contribution < 1.29 is 8.42 Å². The van der Waals surface area contributed by atoms with E-state index in [4.69, 9.17) is 5.84 Å². The highest BCUT2D eigenvalue weighted by molar-refractivity contribution is 7.89. The number of nitrogen functional groups attached to an aromatic ring is 1. The third-order valence-corrected chi connectivity index (χ3v) is 4.27. The lowest BCUT2D eigenvalue weighted by Gasteiger charge is -2.07. The zero-order chi connectivity index (χ0) is 15.3. The van der Waals surface area contributed by atoms with Crippen LogP contribution in [0.2, 0.25) is 0 Å². The highest BCUT2D eigenvalue weighted by atomic mass is 32.2. The maximum absolute atomic E-state index is 12.0. The lowest BCUT2D eigenvalue weighted by molar-refractivity contribution is 0.580. The molecule has 4 N–H and O–H groups in total. The summed E-state index contributed by atoms with van der Waals surface area (Å²) >= 11 is 0. The Morgan fingerprint density at radius 2 is 1.95 bits per heavy atom. The van der Waals surface area contributed by atoms with Crippen LogP contribution in [-0.2, 0) is 16.4 Å². The zero-order valence-electron chi connectivity index (χ0n) is 11.6. The molecule has 0 aliphatic rings. The average molecular weight is 307 g/mol. The number of anilines is 1. The molecule has 0 amide bonds. The normalized spacial score (nSPS) is 11.3. The minimum absolute atomic E-state index is 0.00532. The van der Waals surface area contributed by atoms with Crippen LogP contribution >= 0.6 is 0 Å². The van der Waals surface area contributed by atoms with E-state index < -0.39 is 10.0 Å². The van der Waals surface area contributed by atoms with Crippen LogP contribution in [0.5, 0.6) is 0 Å². The Bertz CT molecular complexity index is 701. The van der Waals surface area contributed by atoms with Crippen molar-refractivity contribution in [3.8, 4) is 0 Å². The number of hydrogen-bond acceptors (Lipinski definition) is 6. The first-order valence-corrected chi connectivity index (χ1v) is 7.83. The van der Waals surface area contributed by atoms with E-state index in [2.05, 4.69) is 20.1 Å². The Balaban J connectivity index is 1.97. The summed E-state index contributed by atoms with van der Waals surface area (Å²) in [6.07, 6.45) is 3.03. The Morgan fingerprint density at radius 1 is 1.24 bits per heavy atom. The number of aryl methyl sites for hydroxylation is 1. The SMILES string of the molecule is Cc1cccc(CCNS(=O)(=O)c2cnc(NN)nc2)c1. The van der Waals surface area contributed by atoms with Gasteiger partial charge in [0.05, 0.1) is 12.4 Å². The molecule has 0 unspecified atom stereocenters. The maximum atomic E-state index is 12.0. The molecule has 0 saturated carbocycles. The summed E-state index contributed by atoms with van der Waals surface area (Å²) in [6.45, 7) is 2.31. The third kappa shape index (κ3) is 4.22. The predicted octanol–water partition coefficient (Wildman–Crippen LogP) is 0.592. The van der Waals surface area contributed by atoms with Crippen molar-refractivity contribution in [2.75, 3.05) is 12.0 Å². The highest BCUT2D eigenvalue weighted by Gasteiger charge is 2.14. The van der Waals surface area contributed by atoms with Crippen molar-refractivity contribution in [1.29, 1.82) is 0 Å². The van der Waals surface area contributed by atoms with Gasteiger partial charge in [-0.25, -0.2) is 29.0 Å². The lowest BCUT2D eigenvalue weighted by Crippen LogP contribution is -2.26. The van der Waals surface area contributed by atoms with Crippen LogP contribution in [0.4, 0.5) is 5.95 Å². The van der Waals surface area contributed by atoms with Crippen molar-refractivity contribution in [3.63, 3.8) is 0 Å². The minimum atomic E-state index is -3.61. The number of nitrogens with two attached hydrogens (primary N) is 1. The smallest absolute Gasteiger partial charge is 0.243 e. The summed E-state index contributed by atoms with van der Waals surface area (Å²) in [7, 11) is -3.61. The van der Waals surface area contributed by atoms with Gasteiger partial charge in [-0.1, -0.05) is 29.8 Å². The van der Waals surface area contributed by atoms with Crippen LogP contribution in [0.1, 0.15) is 11.1 Å². The number of hydrazine groups is 1. The van der Waals surface area contributed by atoms with Gasteiger partial charge in [-0.2, -0.15) is 0 Å². The van der Waals surface area contributed by atoms with Gasteiger partial charge in [0.2, 0.25) is 16.0 Å². The van der Waals surface area contributed by atoms with Crippen molar-refractivity contribution in [2.45, 2.75) is 18.2 Å². The van der Waals surface area contributed by atoms with Crippen molar-refractivity contribution in [2.24, 2.45) is 5.84 Å². The van der Waals surface area contributed by atoms with Crippen molar-refractivity contribution in [1.82, 2.24) is 14.7 Å². The van der Waals surface area contributed by atoms with E-state index in [-0.39, 0.29) is 10.8 Å². The quantitative estimate of drug-likeness (QED) is 0.532. The summed E-state index contributed by atoms with van der Waals surface area (Å²) in [5.74, 6) is 5.29. The number of sulfonamides is 1. The van der Waals surface area contributed by atoms with Crippen LogP contribution in [0, 0.1) is 6.92 Å². The van der Waals surface area contributed by atoms with E-state index in [1.807, 2.05) is 31.2 Å². The molecule has 0 spiro atoms. The number of aromatic nitrogens is 2. The van der Waals surface area contributed by atoms with Gasteiger partial charge in [-0.15, -0.1) is 0 Å². The fourth-order valence-corrected chi connectivity index (χ4v) is 2.73. The first-order chi connectivity index (χ1) is 10.0. The molecule has 21 heavy (non-hydrogen) atoms. The first kappa shape index (κ1) is 15.4. The average Bonchev–Trinajstić information content (AvgIpc) is 2.47. The molecular formula is C13H17N5O2S. The van der Waals surface area contributed by atoms with Crippen LogP contribution in [-0.4, -0.2) is 24.9 Å². The summed E-state index contributed by atoms with van der Waals surface area (Å²) in [5.41, 5.74) is 4.47. The molecule has 0 atom stereocenters. The van der Waals surface area contributed by atoms with Crippen LogP contribution in [0.15, 0.2) is 41.6 Å². The number of nitrogens with zero attached hydrogens (tertiary/aromatic N) is 2. The highest BCUT2D eigenvalue weighted by Crippen LogP contribution is 2.08. The van der Waals surface area contributed by atoms with Crippen LogP contribution in [0.3, 0.4) is 0 Å². The van der Waals surface area contributed by atoms with Crippen molar-refractivity contribution in [3.05, 3.63) is 47.8 Å². The Kier molecular flexibility index (Phi) is 4.84. The van der Waals surface area contributed by atoms with Gasteiger partial charge in [0, 0.05) is 6.54 Å². The molecule has 8 heteroatoms. The molecule has 0 bridgehead atoms. The molecule has 112 valence electrons. The summed E-state index contributed by atoms with van der Waals surface area (Å²) in [6, 6.07) is 7.94. The second-order valence-electron chi connectivity index (χ2n) is 4.52. The van der Waals surface area contributed by atoms with E-state index in [1.165, 1.54) is 12.4 Å². The summed E-state index contributed by atoms with van der Waals surface area (Å²) in [5, 5.41) is 0. The minimum Gasteiger partial charge on any atom is -0.292 e. The molecule has 2 rings (SSSR count). The predicted molar refractivity (Wildman–Crippen MR) is 79.9 cm³/mol. The standard InChI is InChI=1S/C13H17N5O2S/c1-10-3-2-4-11(7-10)5-6-17-21(19,20)12-8-15-13(18-14)16-9-12/h2-4,7-9,17H,5-6,14H2,1H3,(H,15,16,18). The molecule has 7 nitrogen and oxygen atoms in total. The second kappa shape index (κ2) is 6.61. The van der Waals surface area contributed by atoms with Crippen LogP contribution in [0.25, 0.3) is 0 Å². The lowest BCUT2D eigenvalue weighted by atomic mass is 10.1. The molecule has 0 aliphatic heterocycles. The fourth-order valence-electron chi connectivity index (χ4n) is 1.81. The number of benzene rings is 1. The van der Waals surface area contributed by atoms with E-state index in [9.17, 15) is 8.42 Å². The number of nitrogens with one attached hydrogen (secondary N) is 2. The monoisotopic (exact) mass is 307 g/mol. The zero-order valence-corrected chi connectivity index (χ0v) is 12.4. The van der Waals surface area contributed by atoms with Gasteiger partial charge < -0.3 is 0 Å². The molecule has 0 radical (unpaired) electrons. The molecule has 1 aromatic heterocycles. The van der Waals surface area contributed by atoms with Gasteiger partial charge in [-0.3, -0.25) is 5.43 Å². The van der Waals surface area contributed by atoms with Gasteiger partial charge in [0.15, 0.2) is 0 Å². The third-order valence-electron chi connectivity index (χ3n) is 2.86. The molecule has 0 fully saturated rings. The molecule has 1 heterocycles. The molecule has 2 aromatic rings. The van der Waals surface area contributed by atoms with Crippen LogP contribution < -0.4 is 16.0 Å². The fraction of sp³-hybridized carbons (Fsp3) is 0.231. The first-order valence-electron chi connectivity index (χ1n) is 6.35. The second-order valence-corrected chi connectivity index (χ2v) is 6.29. The summed E-state index contributed by atoms with van der Waals surface area (Å²) < 4.78 is 26.6. The summed E-state index contributed by atoms with van der Waals surface area (Å²) in [4.78, 5) is 7.56. The Morgan fingerprint density at radius 3 is 2.57 bits per heavy atom. The maximum Gasteiger partial charge on any atom is 0.243 e. The Hall–Kier alpha value is -2.03. The Labute approximate surface area is 123 Å². The molecule has 1 aromatic carbocycles. The van der Waals surface area contributed by atoms with Crippen molar-refractivity contribution >= 4 is 16.0 Å². The molecule has 0 saturated heterocycles.